The molecule has 72 valence electrons. The molecule has 0 bridgehead atoms. The zero-order valence-corrected chi connectivity index (χ0v) is 7.76. The number of amides is 1. The van der Waals surface area contributed by atoms with E-state index in [1.165, 1.54) is 0 Å². The van der Waals surface area contributed by atoms with Crippen molar-refractivity contribution in [2.24, 2.45) is 0 Å². The van der Waals surface area contributed by atoms with Crippen LogP contribution in [0.1, 0.15) is 20.3 Å². The number of hydrogen-bond acceptors (Lipinski definition) is 3. The first-order chi connectivity index (χ1) is 5.66. The maximum atomic E-state index is 11.0. The monoisotopic (exact) mass is 174 g/mol. The van der Waals surface area contributed by atoms with E-state index in [-0.39, 0.29) is 12.5 Å². The van der Waals surface area contributed by atoms with Crippen molar-refractivity contribution >= 4 is 5.91 Å². The van der Waals surface area contributed by atoms with Crippen molar-refractivity contribution in [1.29, 1.82) is 0 Å². The first-order valence-electron chi connectivity index (χ1n) is 4.27. The van der Waals surface area contributed by atoms with Gasteiger partial charge in [-0.15, -0.1) is 0 Å². The van der Waals surface area contributed by atoms with Crippen LogP contribution in [-0.2, 0) is 4.79 Å². The van der Waals surface area contributed by atoms with Gasteiger partial charge in [-0.1, -0.05) is 13.8 Å². The molecule has 0 aliphatic rings. The van der Waals surface area contributed by atoms with Gasteiger partial charge in [0.05, 0.1) is 6.54 Å². The fourth-order valence-electron chi connectivity index (χ4n) is 0.666. The van der Waals surface area contributed by atoms with E-state index >= 15 is 0 Å². The lowest BCUT2D eigenvalue weighted by molar-refractivity contribution is -0.120. The molecular weight excluding hydrogens is 156 g/mol. The van der Waals surface area contributed by atoms with Crippen LogP contribution < -0.4 is 10.6 Å². The van der Waals surface area contributed by atoms with Gasteiger partial charge in [-0.2, -0.15) is 0 Å². The highest BCUT2D eigenvalue weighted by molar-refractivity contribution is 5.77. The molecule has 0 radical (unpaired) electrons. The Morgan fingerprint density at radius 2 is 2.17 bits per heavy atom. The van der Waals surface area contributed by atoms with E-state index in [1.54, 1.807) is 0 Å². The predicted molar refractivity (Wildman–Crippen MR) is 47.9 cm³/mol. The van der Waals surface area contributed by atoms with Crippen LogP contribution in [0.2, 0.25) is 0 Å². The lowest BCUT2D eigenvalue weighted by atomic mass is 10.4. The Hall–Kier alpha value is -0.610. The zero-order valence-electron chi connectivity index (χ0n) is 7.76. The summed E-state index contributed by atoms with van der Waals surface area (Å²) in [7, 11) is 0. The summed E-state index contributed by atoms with van der Waals surface area (Å²) >= 11 is 0. The highest BCUT2D eigenvalue weighted by atomic mass is 16.3. The number of aliphatic hydroxyl groups is 1. The molecule has 0 rings (SSSR count). The van der Waals surface area contributed by atoms with Crippen LogP contribution >= 0.6 is 0 Å². The molecule has 0 heterocycles. The molecule has 0 saturated carbocycles. The SMILES string of the molecule is CC(C)NCC(=O)NCCCO. The maximum Gasteiger partial charge on any atom is 0.233 e. The third-order valence-electron chi connectivity index (χ3n) is 1.33. The third-order valence-corrected chi connectivity index (χ3v) is 1.33. The Kier molecular flexibility index (Phi) is 6.70. The molecule has 0 unspecified atom stereocenters. The molecule has 4 heteroatoms. The molecule has 0 aliphatic heterocycles. The summed E-state index contributed by atoms with van der Waals surface area (Å²) in [5, 5.41) is 14.1. The minimum absolute atomic E-state index is 0.0165. The second-order valence-corrected chi connectivity index (χ2v) is 2.96. The highest BCUT2D eigenvalue weighted by Crippen LogP contribution is 1.76. The first-order valence-corrected chi connectivity index (χ1v) is 4.27. The zero-order chi connectivity index (χ0) is 9.40. The van der Waals surface area contributed by atoms with Gasteiger partial charge < -0.3 is 15.7 Å². The van der Waals surface area contributed by atoms with Crippen molar-refractivity contribution < 1.29 is 9.90 Å². The number of carbonyl (C=O) groups excluding carboxylic acids is 1. The predicted octanol–water partition coefficient (Wildman–Crippen LogP) is -0.517. The normalized spacial score (nSPS) is 10.3. The molecule has 0 saturated heterocycles. The summed E-state index contributed by atoms with van der Waals surface area (Å²) in [5.41, 5.74) is 0. The van der Waals surface area contributed by atoms with Crippen molar-refractivity contribution in [2.75, 3.05) is 19.7 Å². The smallest absolute Gasteiger partial charge is 0.233 e. The Morgan fingerprint density at radius 1 is 1.50 bits per heavy atom. The number of aliphatic hydroxyl groups excluding tert-OH is 1. The van der Waals surface area contributed by atoms with Crippen molar-refractivity contribution in [2.45, 2.75) is 26.3 Å². The molecule has 12 heavy (non-hydrogen) atoms. The van der Waals surface area contributed by atoms with Crippen LogP contribution in [-0.4, -0.2) is 36.8 Å². The number of nitrogens with one attached hydrogen (secondary N) is 2. The summed E-state index contributed by atoms with van der Waals surface area (Å²) in [6.45, 7) is 5.00. The molecule has 0 aromatic rings. The topological polar surface area (TPSA) is 61.4 Å². The minimum atomic E-state index is -0.0165. The van der Waals surface area contributed by atoms with E-state index in [1.807, 2.05) is 13.8 Å². The molecule has 0 aromatic heterocycles. The highest BCUT2D eigenvalue weighted by Gasteiger charge is 1.99. The van der Waals surface area contributed by atoms with Gasteiger partial charge in [0, 0.05) is 19.2 Å². The van der Waals surface area contributed by atoms with Gasteiger partial charge >= 0.3 is 0 Å². The standard InChI is InChI=1S/C8H18N2O2/c1-7(2)10-6-8(12)9-4-3-5-11/h7,10-11H,3-6H2,1-2H3,(H,9,12). The van der Waals surface area contributed by atoms with Crippen LogP contribution in [0, 0.1) is 0 Å². The van der Waals surface area contributed by atoms with E-state index in [2.05, 4.69) is 10.6 Å². The Labute approximate surface area is 73.3 Å². The fraction of sp³-hybridized carbons (Fsp3) is 0.875. The molecular formula is C8H18N2O2. The van der Waals surface area contributed by atoms with Crippen molar-refractivity contribution in [1.82, 2.24) is 10.6 Å². The number of rotatable bonds is 6. The van der Waals surface area contributed by atoms with Gasteiger partial charge in [0.2, 0.25) is 5.91 Å². The van der Waals surface area contributed by atoms with E-state index in [9.17, 15) is 4.79 Å². The van der Waals surface area contributed by atoms with Crippen molar-refractivity contribution in [3.63, 3.8) is 0 Å². The summed E-state index contributed by atoms with van der Waals surface area (Å²) in [4.78, 5) is 11.0. The average Bonchev–Trinajstić information content (AvgIpc) is 2.01. The van der Waals surface area contributed by atoms with Crippen LogP contribution in [0.15, 0.2) is 0 Å². The van der Waals surface area contributed by atoms with E-state index in [0.29, 0.717) is 25.6 Å². The van der Waals surface area contributed by atoms with Crippen LogP contribution in [0.3, 0.4) is 0 Å². The summed E-state index contributed by atoms with van der Waals surface area (Å²) < 4.78 is 0. The van der Waals surface area contributed by atoms with Crippen LogP contribution in [0.25, 0.3) is 0 Å². The molecule has 4 nitrogen and oxygen atoms in total. The van der Waals surface area contributed by atoms with Gasteiger partial charge in [-0.3, -0.25) is 4.79 Å². The first kappa shape index (κ1) is 11.4. The number of carbonyl (C=O) groups is 1. The molecule has 0 aliphatic carbocycles. The second kappa shape index (κ2) is 7.06. The second-order valence-electron chi connectivity index (χ2n) is 2.96. The lowest BCUT2D eigenvalue weighted by Crippen LogP contribution is -2.37. The van der Waals surface area contributed by atoms with Gasteiger partial charge in [-0.25, -0.2) is 0 Å². The summed E-state index contributed by atoms with van der Waals surface area (Å²) in [5.74, 6) is -0.0165. The molecule has 0 spiro atoms. The van der Waals surface area contributed by atoms with Gasteiger partial charge in [0.25, 0.3) is 0 Å². The average molecular weight is 174 g/mol. The Morgan fingerprint density at radius 3 is 2.67 bits per heavy atom. The van der Waals surface area contributed by atoms with Gasteiger partial charge in [0.15, 0.2) is 0 Å². The van der Waals surface area contributed by atoms with Gasteiger partial charge in [0.1, 0.15) is 0 Å². The molecule has 0 atom stereocenters. The quantitative estimate of drug-likeness (QED) is 0.475. The largest absolute Gasteiger partial charge is 0.396 e. The molecule has 0 aromatic carbocycles. The van der Waals surface area contributed by atoms with Crippen molar-refractivity contribution in [3.05, 3.63) is 0 Å². The van der Waals surface area contributed by atoms with Gasteiger partial charge in [-0.05, 0) is 6.42 Å². The molecule has 0 fully saturated rings. The minimum Gasteiger partial charge on any atom is -0.396 e. The van der Waals surface area contributed by atoms with Crippen LogP contribution in [0.4, 0.5) is 0 Å². The summed E-state index contributed by atoms with van der Waals surface area (Å²) in [6.07, 6.45) is 0.618. The Bertz CT molecular complexity index is 126. The number of hydrogen-bond donors (Lipinski definition) is 3. The lowest BCUT2D eigenvalue weighted by Gasteiger charge is -2.07. The van der Waals surface area contributed by atoms with E-state index in [4.69, 9.17) is 5.11 Å². The third kappa shape index (κ3) is 7.50. The Balaban J connectivity index is 3.22. The summed E-state index contributed by atoms with van der Waals surface area (Å²) in [6, 6.07) is 0.327. The fourth-order valence-corrected chi connectivity index (χ4v) is 0.666. The molecule has 3 N–H and O–H groups in total. The van der Waals surface area contributed by atoms with Crippen LogP contribution in [0.5, 0.6) is 0 Å². The van der Waals surface area contributed by atoms with Crippen molar-refractivity contribution in [3.8, 4) is 0 Å². The van der Waals surface area contributed by atoms with E-state index < -0.39 is 0 Å². The molecule has 1 amide bonds. The maximum absolute atomic E-state index is 11.0. The van der Waals surface area contributed by atoms with E-state index in [0.717, 1.165) is 0 Å².